The third kappa shape index (κ3) is 4.44. The lowest BCUT2D eigenvalue weighted by Crippen LogP contribution is -2.24. The Morgan fingerprint density at radius 3 is 2.28 bits per heavy atom. The zero-order valence-corrected chi connectivity index (χ0v) is 14.4. The number of hydrogen-bond acceptors (Lipinski definition) is 6. The van der Waals surface area contributed by atoms with Crippen molar-refractivity contribution in [2.45, 2.75) is 13.8 Å². The van der Waals surface area contributed by atoms with E-state index >= 15 is 0 Å². The van der Waals surface area contributed by atoms with Gasteiger partial charge in [-0.3, -0.25) is 0 Å². The lowest BCUT2D eigenvalue weighted by atomic mass is 10.3. The average Bonchev–Trinajstić information content (AvgIpc) is 2.66. The van der Waals surface area contributed by atoms with E-state index in [-0.39, 0.29) is 0 Å². The maximum atomic E-state index is 5.79. The first-order chi connectivity index (χ1) is 12.3. The highest BCUT2D eigenvalue weighted by Crippen LogP contribution is 2.24. The highest BCUT2D eigenvalue weighted by atomic mass is 16.5. The van der Waals surface area contributed by atoms with Crippen molar-refractivity contribution in [1.29, 1.82) is 0 Å². The largest absolute Gasteiger partial charge is 0.457 e. The van der Waals surface area contributed by atoms with Crippen LogP contribution in [0.2, 0.25) is 0 Å². The molecule has 0 aliphatic rings. The fraction of sp³-hybridized carbons (Fsp3) is 0.211. The van der Waals surface area contributed by atoms with Crippen molar-refractivity contribution in [1.82, 2.24) is 15.2 Å². The molecule has 0 radical (unpaired) electrons. The van der Waals surface area contributed by atoms with Gasteiger partial charge in [0.25, 0.3) is 0 Å². The van der Waals surface area contributed by atoms with E-state index in [4.69, 9.17) is 4.74 Å². The van der Waals surface area contributed by atoms with Crippen molar-refractivity contribution in [2.24, 2.45) is 0 Å². The molecule has 0 amide bonds. The molecular weight excluding hydrogens is 314 g/mol. The van der Waals surface area contributed by atoms with Gasteiger partial charge in [0, 0.05) is 18.8 Å². The first kappa shape index (κ1) is 16.7. The molecule has 0 spiro atoms. The Labute approximate surface area is 147 Å². The monoisotopic (exact) mass is 335 g/mol. The van der Waals surface area contributed by atoms with E-state index in [9.17, 15) is 0 Å². The fourth-order valence-electron chi connectivity index (χ4n) is 2.37. The van der Waals surface area contributed by atoms with Gasteiger partial charge in [0.05, 0.1) is 6.20 Å². The zero-order chi connectivity index (χ0) is 17.5. The predicted molar refractivity (Wildman–Crippen MR) is 99.6 cm³/mol. The van der Waals surface area contributed by atoms with Gasteiger partial charge in [0.15, 0.2) is 5.82 Å². The zero-order valence-electron chi connectivity index (χ0n) is 14.4. The van der Waals surface area contributed by atoms with Gasteiger partial charge in [-0.2, -0.15) is 10.1 Å². The summed E-state index contributed by atoms with van der Waals surface area (Å²) in [5, 5.41) is 11.4. The summed E-state index contributed by atoms with van der Waals surface area (Å²) in [6.07, 6.45) is 1.61. The number of aromatic nitrogens is 3. The van der Waals surface area contributed by atoms with Crippen molar-refractivity contribution in [3.63, 3.8) is 0 Å². The molecule has 2 aromatic carbocycles. The Morgan fingerprint density at radius 2 is 1.60 bits per heavy atom. The molecule has 0 saturated heterocycles. The Bertz CT molecular complexity index is 788. The van der Waals surface area contributed by atoms with Crippen molar-refractivity contribution in [3.05, 3.63) is 60.8 Å². The molecule has 0 aliphatic carbocycles. The Balaban J connectivity index is 1.68. The van der Waals surface area contributed by atoms with E-state index in [1.165, 1.54) is 0 Å². The van der Waals surface area contributed by atoms with Gasteiger partial charge in [-0.25, -0.2) is 0 Å². The number of ether oxygens (including phenoxy) is 1. The number of para-hydroxylation sites is 1. The summed E-state index contributed by atoms with van der Waals surface area (Å²) >= 11 is 0. The number of anilines is 3. The van der Waals surface area contributed by atoms with E-state index in [1.54, 1.807) is 6.20 Å². The first-order valence-electron chi connectivity index (χ1n) is 8.33. The van der Waals surface area contributed by atoms with Crippen LogP contribution in [0.3, 0.4) is 0 Å². The summed E-state index contributed by atoms with van der Waals surface area (Å²) in [6.45, 7) is 5.82. The second-order valence-corrected chi connectivity index (χ2v) is 5.38. The highest BCUT2D eigenvalue weighted by molar-refractivity contribution is 5.57. The van der Waals surface area contributed by atoms with Crippen LogP contribution in [-0.4, -0.2) is 28.3 Å². The molecule has 0 aliphatic heterocycles. The van der Waals surface area contributed by atoms with Crippen LogP contribution in [0.5, 0.6) is 11.5 Å². The Hall–Kier alpha value is -3.15. The standard InChI is InChI=1S/C19H21N5O/c1-3-24(4-2)19-22-18(14-20-23-19)21-15-10-12-17(13-11-15)25-16-8-6-5-7-9-16/h5-14H,3-4H2,1-2H3,(H,21,22,23). The summed E-state index contributed by atoms with van der Waals surface area (Å²) in [6, 6.07) is 17.4. The minimum Gasteiger partial charge on any atom is -0.457 e. The normalized spacial score (nSPS) is 10.3. The topological polar surface area (TPSA) is 63.2 Å². The molecule has 0 saturated carbocycles. The molecule has 0 atom stereocenters. The number of rotatable bonds is 7. The molecule has 1 N–H and O–H groups in total. The summed E-state index contributed by atoms with van der Waals surface area (Å²) < 4.78 is 5.79. The maximum absolute atomic E-state index is 5.79. The summed E-state index contributed by atoms with van der Waals surface area (Å²) in [5.74, 6) is 2.88. The van der Waals surface area contributed by atoms with Crippen LogP contribution in [0.1, 0.15) is 13.8 Å². The molecule has 3 rings (SSSR count). The van der Waals surface area contributed by atoms with Crippen LogP contribution in [0.4, 0.5) is 17.5 Å². The Morgan fingerprint density at radius 1 is 0.920 bits per heavy atom. The third-order valence-electron chi connectivity index (χ3n) is 3.70. The van der Waals surface area contributed by atoms with Gasteiger partial charge in [-0.15, -0.1) is 5.10 Å². The fourth-order valence-corrected chi connectivity index (χ4v) is 2.37. The van der Waals surface area contributed by atoms with Crippen LogP contribution in [0.15, 0.2) is 60.8 Å². The number of nitrogens with zero attached hydrogens (tertiary/aromatic N) is 4. The lowest BCUT2D eigenvalue weighted by Gasteiger charge is -2.18. The predicted octanol–water partition coefficient (Wildman–Crippen LogP) is 4.25. The van der Waals surface area contributed by atoms with Crippen LogP contribution < -0.4 is 15.0 Å². The van der Waals surface area contributed by atoms with Crippen molar-refractivity contribution < 1.29 is 4.74 Å². The third-order valence-corrected chi connectivity index (χ3v) is 3.70. The second kappa shape index (κ2) is 8.10. The van der Waals surface area contributed by atoms with Crippen molar-refractivity contribution in [3.8, 4) is 11.5 Å². The SMILES string of the molecule is CCN(CC)c1nncc(Nc2ccc(Oc3ccccc3)cc2)n1. The molecule has 0 bridgehead atoms. The van der Waals surface area contributed by atoms with Crippen LogP contribution in [0, 0.1) is 0 Å². The Kier molecular flexibility index (Phi) is 5.41. The van der Waals surface area contributed by atoms with E-state index < -0.39 is 0 Å². The van der Waals surface area contributed by atoms with Crippen molar-refractivity contribution in [2.75, 3.05) is 23.3 Å². The van der Waals surface area contributed by atoms with Crippen LogP contribution >= 0.6 is 0 Å². The summed E-state index contributed by atoms with van der Waals surface area (Å²) in [4.78, 5) is 6.56. The molecule has 0 unspecified atom stereocenters. The van der Waals surface area contributed by atoms with Gasteiger partial charge in [-0.1, -0.05) is 18.2 Å². The lowest BCUT2D eigenvalue weighted by molar-refractivity contribution is 0.483. The van der Waals surface area contributed by atoms with Gasteiger partial charge in [0.2, 0.25) is 5.95 Å². The number of hydrogen-bond donors (Lipinski definition) is 1. The van der Waals surface area contributed by atoms with Gasteiger partial charge < -0.3 is 15.0 Å². The summed E-state index contributed by atoms with van der Waals surface area (Å²) in [7, 11) is 0. The van der Waals surface area contributed by atoms with Gasteiger partial charge >= 0.3 is 0 Å². The van der Waals surface area contributed by atoms with Crippen LogP contribution in [0.25, 0.3) is 0 Å². The van der Waals surface area contributed by atoms with E-state index in [0.717, 1.165) is 30.3 Å². The smallest absolute Gasteiger partial charge is 0.247 e. The van der Waals surface area contributed by atoms with E-state index in [0.29, 0.717) is 11.8 Å². The van der Waals surface area contributed by atoms with Crippen LogP contribution in [-0.2, 0) is 0 Å². The minimum absolute atomic E-state index is 0.624. The average molecular weight is 335 g/mol. The molecule has 6 heteroatoms. The molecule has 128 valence electrons. The van der Waals surface area contributed by atoms with Gasteiger partial charge in [-0.05, 0) is 50.2 Å². The molecule has 1 heterocycles. The molecule has 3 aromatic rings. The quantitative estimate of drug-likeness (QED) is 0.696. The second-order valence-electron chi connectivity index (χ2n) is 5.38. The molecule has 6 nitrogen and oxygen atoms in total. The number of benzene rings is 2. The first-order valence-corrected chi connectivity index (χ1v) is 8.33. The van der Waals surface area contributed by atoms with E-state index in [2.05, 4.69) is 39.2 Å². The summed E-state index contributed by atoms with van der Waals surface area (Å²) in [5.41, 5.74) is 0.909. The van der Waals surface area contributed by atoms with Crippen molar-refractivity contribution >= 4 is 17.5 Å². The van der Waals surface area contributed by atoms with E-state index in [1.807, 2.05) is 54.6 Å². The maximum Gasteiger partial charge on any atom is 0.247 e. The highest BCUT2D eigenvalue weighted by Gasteiger charge is 2.07. The van der Waals surface area contributed by atoms with Gasteiger partial charge in [0.1, 0.15) is 11.5 Å². The molecule has 1 aromatic heterocycles. The molecule has 0 fully saturated rings. The molecular formula is C19H21N5O. The molecule has 25 heavy (non-hydrogen) atoms. The number of nitrogens with one attached hydrogen (secondary N) is 1. The minimum atomic E-state index is 0.624.